The SMILES string of the molecule is Cc1ccc(CNC(Cl)COc2ccc3ccccc3c2Cl)o1. The number of fused-ring (bicyclic) bond motifs is 1. The Balaban J connectivity index is 1.58. The molecule has 1 heterocycles. The van der Waals surface area contributed by atoms with Crippen molar-refractivity contribution < 1.29 is 9.15 Å². The van der Waals surface area contributed by atoms with Crippen LogP contribution < -0.4 is 10.1 Å². The van der Waals surface area contributed by atoms with Crippen molar-refractivity contribution in [2.45, 2.75) is 19.0 Å². The van der Waals surface area contributed by atoms with Crippen LogP contribution in [-0.2, 0) is 6.54 Å². The molecule has 0 saturated heterocycles. The van der Waals surface area contributed by atoms with Gasteiger partial charge in [-0.05, 0) is 30.5 Å². The minimum Gasteiger partial charge on any atom is -0.489 e. The molecule has 0 aliphatic carbocycles. The van der Waals surface area contributed by atoms with E-state index in [1.54, 1.807) is 0 Å². The van der Waals surface area contributed by atoms with Gasteiger partial charge in [0.2, 0.25) is 0 Å². The van der Waals surface area contributed by atoms with Crippen LogP contribution in [0.3, 0.4) is 0 Å². The lowest BCUT2D eigenvalue weighted by Crippen LogP contribution is -2.29. The normalized spacial score (nSPS) is 12.5. The number of hydrogen-bond donors (Lipinski definition) is 1. The Labute approximate surface area is 145 Å². The Kier molecular flexibility index (Phi) is 5.11. The van der Waals surface area contributed by atoms with Crippen molar-refractivity contribution in [2.24, 2.45) is 0 Å². The van der Waals surface area contributed by atoms with E-state index in [-0.39, 0.29) is 5.50 Å². The van der Waals surface area contributed by atoms with Crippen LogP contribution in [0.15, 0.2) is 52.9 Å². The Morgan fingerprint density at radius 2 is 1.96 bits per heavy atom. The second-order valence-electron chi connectivity index (χ2n) is 5.27. The van der Waals surface area contributed by atoms with E-state index in [1.165, 1.54) is 0 Å². The van der Waals surface area contributed by atoms with E-state index in [1.807, 2.05) is 55.5 Å². The molecule has 0 bridgehead atoms. The summed E-state index contributed by atoms with van der Waals surface area (Å²) >= 11 is 12.6. The molecule has 23 heavy (non-hydrogen) atoms. The minimum absolute atomic E-state index is 0.305. The maximum Gasteiger partial charge on any atom is 0.138 e. The largest absolute Gasteiger partial charge is 0.489 e. The molecule has 1 unspecified atom stereocenters. The van der Waals surface area contributed by atoms with Crippen LogP contribution in [0, 0.1) is 6.92 Å². The number of alkyl halides is 1. The van der Waals surface area contributed by atoms with Crippen molar-refractivity contribution >= 4 is 34.0 Å². The summed E-state index contributed by atoms with van der Waals surface area (Å²) in [7, 11) is 0. The van der Waals surface area contributed by atoms with Crippen LogP contribution in [0.1, 0.15) is 11.5 Å². The summed E-state index contributed by atoms with van der Waals surface area (Å²) in [4.78, 5) is 0. The van der Waals surface area contributed by atoms with Crippen LogP contribution >= 0.6 is 23.2 Å². The molecule has 3 aromatic rings. The summed E-state index contributed by atoms with van der Waals surface area (Å²) in [5.41, 5.74) is -0.344. The van der Waals surface area contributed by atoms with E-state index >= 15 is 0 Å². The zero-order valence-electron chi connectivity index (χ0n) is 12.7. The van der Waals surface area contributed by atoms with Crippen molar-refractivity contribution in [3.63, 3.8) is 0 Å². The second kappa shape index (κ2) is 7.26. The molecule has 0 amide bonds. The van der Waals surface area contributed by atoms with Crippen LogP contribution in [-0.4, -0.2) is 12.1 Å². The number of aryl methyl sites for hydroxylation is 1. The summed E-state index contributed by atoms with van der Waals surface area (Å²) in [6.45, 7) is 2.77. The van der Waals surface area contributed by atoms with E-state index in [2.05, 4.69) is 5.32 Å². The summed E-state index contributed by atoms with van der Waals surface area (Å²) in [5.74, 6) is 2.36. The van der Waals surface area contributed by atoms with Gasteiger partial charge in [0.05, 0.1) is 11.6 Å². The maximum atomic E-state index is 6.40. The number of benzene rings is 2. The molecular weight excluding hydrogens is 333 g/mol. The third-order valence-corrected chi connectivity index (χ3v) is 4.18. The average molecular weight is 350 g/mol. The standard InChI is InChI=1S/C18H17Cl2NO2/c1-12-6-8-14(23-12)10-21-17(19)11-22-16-9-7-13-4-2-3-5-15(13)18(16)20/h2-9,17,21H,10-11H2,1H3. The molecule has 0 aliphatic rings. The molecule has 1 N–H and O–H groups in total. The number of rotatable bonds is 6. The highest BCUT2D eigenvalue weighted by Gasteiger charge is 2.10. The van der Waals surface area contributed by atoms with Gasteiger partial charge in [0.25, 0.3) is 0 Å². The molecule has 2 aromatic carbocycles. The lowest BCUT2D eigenvalue weighted by Gasteiger charge is -2.14. The second-order valence-corrected chi connectivity index (χ2v) is 6.18. The summed E-state index contributed by atoms with van der Waals surface area (Å²) in [5, 5.41) is 5.80. The smallest absolute Gasteiger partial charge is 0.138 e. The van der Waals surface area contributed by atoms with Gasteiger partial charge in [-0.1, -0.05) is 41.9 Å². The van der Waals surface area contributed by atoms with E-state index in [9.17, 15) is 0 Å². The van der Waals surface area contributed by atoms with Gasteiger partial charge in [-0.3, -0.25) is 5.32 Å². The molecular formula is C18H17Cl2NO2. The van der Waals surface area contributed by atoms with Gasteiger partial charge in [0.15, 0.2) is 0 Å². The third-order valence-electron chi connectivity index (χ3n) is 3.51. The fourth-order valence-electron chi connectivity index (χ4n) is 2.34. The van der Waals surface area contributed by atoms with Gasteiger partial charge in [-0.2, -0.15) is 0 Å². The zero-order chi connectivity index (χ0) is 16.2. The fourth-order valence-corrected chi connectivity index (χ4v) is 2.77. The minimum atomic E-state index is -0.344. The van der Waals surface area contributed by atoms with Crippen molar-refractivity contribution in [3.8, 4) is 5.75 Å². The van der Waals surface area contributed by atoms with Crippen molar-refractivity contribution in [1.29, 1.82) is 0 Å². The summed E-state index contributed by atoms with van der Waals surface area (Å²) < 4.78 is 11.2. The number of ether oxygens (including phenoxy) is 1. The topological polar surface area (TPSA) is 34.4 Å². The number of hydrogen-bond acceptors (Lipinski definition) is 3. The molecule has 1 aromatic heterocycles. The van der Waals surface area contributed by atoms with Crippen molar-refractivity contribution in [3.05, 3.63) is 65.1 Å². The molecule has 0 radical (unpaired) electrons. The van der Waals surface area contributed by atoms with E-state index < -0.39 is 0 Å². The first-order valence-corrected chi connectivity index (χ1v) is 8.18. The Morgan fingerprint density at radius 3 is 2.74 bits per heavy atom. The lowest BCUT2D eigenvalue weighted by atomic mass is 10.1. The summed E-state index contributed by atoms with van der Waals surface area (Å²) in [6.07, 6.45) is 0. The number of halogens is 2. The van der Waals surface area contributed by atoms with Gasteiger partial charge in [0.1, 0.15) is 29.4 Å². The zero-order valence-corrected chi connectivity index (χ0v) is 14.2. The Morgan fingerprint density at radius 1 is 1.13 bits per heavy atom. The van der Waals surface area contributed by atoms with Crippen molar-refractivity contribution in [2.75, 3.05) is 6.61 Å². The maximum absolute atomic E-state index is 6.40. The molecule has 3 nitrogen and oxygen atoms in total. The first kappa shape index (κ1) is 16.2. The highest BCUT2D eigenvalue weighted by Crippen LogP contribution is 2.32. The molecule has 3 rings (SSSR count). The molecule has 5 heteroatoms. The Hall–Kier alpha value is -1.68. The quantitative estimate of drug-likeness (QED) is 0.494. The fraction of sp³-hybridized carbons (Fsp3) is 0.222. The average Bonchev–Trinajstić information content (AvgIpc) is 2.98. The van der Waals surface area contributed by atoms with Crippen molar-refractivity contribution in [1.82, 2.24) is 5.32 Å². The predicted octanol–water partition coefficient (Wildman–Crippen LogP) is 5.13. The highest BCUT2D eigenvalue weighted by atomic mass is 35.5. The van der Waals surface area contributed by atoms with E-state index in [0.717, 1.165) is 22.3 Å². The van der Waals surface area contributed by atoms with Crippen LogP contribution in [0.2, 0.25) is 5.02 Å². The molecule has 120 valence electrons. The number of nitrogens with one attached hydrogen (secondary N) is 1. The molecule has 1 atom stereocenters. The van der Waals surface area contributed by atoms with Crippen LogP contribution in [0.5, 0.6) is 5.75 Å². The predicted molar refractivity (Wildman–Crippen MR) is 94.4 cm³/mol. The Bertz CT molecular complexity index is 801. The molecule has 0 fully saturated rings. The first-order valence-electron chi connectivity index (χ1n) is 7.36. The third kappa shape index (κ3) is 3.99. The highest BCUT2D eigenvalue weighted by molar-refractivity contribution is 6.37. The van der Waals surface area contributed by atoms with Gasteiger partial charge < -0.3 is 9.15 Å². The van der Waals surface area contributed by atoms with Crippen LogP contribution in [0.25, 0.3) is 10.8 Å². The van der Waals surface area contributed by atoms with Gasteiger partial charge >= 0.3 is 0 Å². The lowest BCUT2D eigenvalue weighted by molar-refractivity contribution is 0.296. The van der Waals surface area contributed by atoms with E-state index in [4.69, 9.17) is 32.4 Å². The van der Waals surface area contributed by atoms with Gasteiger partial charge in [-0.15, -0.1) is 11.6 Å². The number of furan rings is 1. The first-order chi connectivity index (χ1) is 11.1. The monoisotopic (exact) mass is 349 g/mol. The molecule has 0 aliphatic heterocycles. The molecule has 0 saturated carbocycles. The van der Waals surface area contributed by atoms with E-state index in [0.29, 0.717) is 23.9 Å². The van der Waals surface area contributed by atoms with Crippen LogP contribution in [0.4, 0.5) is 0 Å². The van der Waals surface area contributed by atoms with Gasteiger partial charge in [0, 0.05) is 5.39 Å². The van der Waals surface area contributed by atoms with Gasteiger partial charge in [-0.25, -0.2) is 0 Å². The molecule has 0 spiro atoms. The summed E-state index contributed by atoms with van der Waals surface area (Å²) in [6, 6.07) is 15.6.